The number of rotatable bonds is 8. The molecule has 2 aromatic rings. The van der Waals surface area contributed by atoms with Crippen LogP contribution in [0.25, 0.3) is 6.08 Å². The smallest absolute Gasteiger partial charge is 0.418 e. The molecule has 7 nitrogen and oxygen atoms in total. The number of nitrogens with two attached hydrogens (primary N) is 1. The van der Waals surface area contributed by atoms with Crippen molar-refractivity contribution in [1.82, 2.24) is 10.6 Å². The molecule has 3 rings (SSSR count). The van der Waals surface area contributed by atoms with E-state index in [0.717, 1.165) is 30.4 Å². The number of nitrogen functional groups attached to an aromatic ring is 1. The van der Waals surface area contributed by atoms with Crippen molar-refractivity contribution in [2.75, 3.05) is 32.5 Å². The minimum absolute atomic E-state index is 0.0304. The molecule has 1 heterocycles. The van der Waals surface area contributed by atoms with Gasteiger partial charge in [-0.25, -0.2) is 0 Å². The van der Waals surface area contributed by atoms with E-state index in [0.29, 0.717) is 35.1 Å². The van der Waals surface area contributed by atoms with Crippen LogP contribution in [0, 0.1) is 0 Å². The first-order valence-corrected chi connectivity index (χ1v) is 10.8. The number of likely N-dealkylation sites (N-methyl/N-ethyl adjacent to an activating group) is 1. The van der Waals surface area contributed by atoms with Gasteiger partial charge in [-0.3, -0.25) is 9.79 Å². The van der Waals surface area contributed by atoms with Crippen molar-refractivity contribution in [2.45, 2.75) is 13.1 Å². The lowest BCUT2D eigenvalue weighted by Crippen LogP contribution is -2.22. The molecule has 176 valence electrons. The molecule has 1 saturated heterocycles. The van der Waals surface area contributed by atoms with Gasteiger partial charge in [-0.05, 0) is 60.3 Å². The number of amides is 1. The molecule has 0 bridgehead atoms. The summed E-state index contributed by atoms with van der Waals surface area (Å²) in [6.45, 7) is 4.03. The van der Waals surface area contributed by atoms with Gasteiger partial charge in [0.05, 0.1) is 24.1 Å². The van der Waals surface area contributed by atoms with Crippen LogP contribution in [0.1, 0.15) is 18.1 Å². The molecule has 0 unspecified atom stereocenters. The maximum Gasteiger partial charge on any atom is 0.418 e. The molecule has 4 N–H and O–H groups in total. The van der Waals surface area contributed by atoms with Gasteiger partial charge in [0.1, 0.15) is 11.6 Å². The Bertz CT molecular complexity index is 1090. The van der Waals surface area contributed by atoms with Gasteiger partial charge in [-0.2, -0.15) is 13.2 Å². The number of alkyl halides is 3. The summed E-state index contributed by atoms with van der Waals surface area (Å²) in [7, 11) is 1.42. The molecule has 1 aliphatic rings. The van der Waals surface area contributed by atoms with Crippen LogP contribution in [0.15, 0.2) is 46.3 Å². The topological polar surface area (TPSA) is 98.0 Å². The van der Waals surface area contributed by atoms with E-state index in [2.05, 4.69) is 15.6 Å². The Morgan fingerprint density at radius 1 is 1.21 bits per heavy atom. The number of benzene rings is 2. The van der Waals surface area contributed by atoms with E-state index < -0.39 is 11.7 Å². The number of nitrogens with one attached hydrogen (secondary N) is 2. The summed E-state index contributed by atoms with van der Waals surface area (Å²) in [5.74, 6) is 0.994. The number of carbonyl (C=O) groups excluding carboxylic acids is 1. The lowest BCUT2D eigenvalue weighted by atomic mass is 10.1. The first-order valence-electron chi connectivity index (χ1n) is 10.00. The molecule has 0 radical (unpaired) electrons. The molecule has 11 heteroatoms. The first kappa shape index (κ1) is 24.5. The first-order chi connectivity index (χ1) is 15.7. The van der Waals surface area contributed by atoms with Gasteiger partial charge in [0, 0.05) is 12.2 Å². The van der Waals surface area contributed by atoms with Crippen LogP contribution in [-0.2, 0) is 6.18 Å². The van der Waals surface area contributed by atoms with Crippen LogP contribution < -0.4 is 25.8 Å². The summed E-state index contributed by atoms with van der Waals surface area (Å²) >= 11 is 1.03. The summed E-state index contributed by atoms with van der Waals surface area (Å²) < 4.78 is 50.4. The maximum absolute atomic E-state index is 13.1. The normalized spacial score (nSPS) is 16.3. The van der Waals surface area contributed by atoms with E-state index in [1.807, 2.05) is 6.92 Å². The van der Waals surface area contributed by atoms with E-state index in [4.69, 9.17) is 15.2 Å². The Morgan fingerprint density at radius 2 is 2.00 bits per heavy atom. The fraction of sp³-hybridized carbons (Fsp3) is 0.273. The van der Waals surface area contributed by atoms with E-state index in [1.165, 1.54) is 13.2 Å². The predicted octanol–water partition coefficient (Wildman–Crippen LogP) is 4.89. The summed E-state index contributed by atoms with van der Waals surface area (Å²) in [6.07, 6.45) is -2.83. The molecule has 0 atom stereocenters. The number of ether oxygens (including phenoxy) is 2. The Kier molecular flexibility index (Phi) is 7.88. The van der Waals surface area contributed by atoms with Crippen molar-refractivity contribution in [2.24, 2.45) is 4.99 Å². The Balaban J connectivity index is 1.83. The average Bonchev–Trinajstić information content (AvgIpc) is 3.11. The zero-order chi connectivity index (χ0) is 24.0. The quantitative estimate of drug-likeness (QED) is 0.368. The summed E-state index contributed by atoms with van der Waals surface area (Å²) in [5, 5.41) is 5.65. The Hall–Kier alpha value is -3.18. The highest BCUT2D eigenvalue weighted by molar-refractivity contribution is 8.18. The third kappa shape index (κ3) is 6.42. The number of hydrogen-bond acceptors (Lipinski definition) is 7. The van der Waals surface area contributed by atoms with Gasteiger partial charge in [0.15, 0.2) is 11.5 Å². The standard InChI is InChI=1S/C22H23F3N4O3S/c1-3-27-8-9-28-20-19(33-21(30)29-20)11-13-4-7-17(18(10-13)31-2)32-14-5-6-16(26)15(12-14)22(23,24)25/h4-7,10-12,27H,3,8-9,26H2,1-2H3,(H,28,29,30)/b19-11-. The van der Waals surface area contributed by atoms with Crippen LogP contribution in [0.4, 0.5) is 23.7 Å². The van der Waals surface area contributed by atoms with Gasteiger partial charge in [0.2, 0.25) is 0 Å². The molecule has 2 aromatic carbocycles. The maximum atomic E-state index is 13.1. The largest absolute Gasteiger partial charge is 0.493 e. The summed E-state index contributed by atoms with van der Waals surface area (Å²) in [6, 6.07) is 8.26. The van der Waals surface area contributed by atoms with Gasteiger partial charge in [-0.15, -0.1) is 0 Å². The minimum Gasteiger partial charge on any atom is -0.493 e. The molecule has 0 spiro atoms. The molecule has 0 aliphatic carbocycles. The van der Waals surface area contributed by atoms with Gasteiger partial charge < -0.3 is 25.8 Å². The molecule has 0 saturated carbocycles. The third-order valence-corrected chi connectivity index (χ3v) is 5.33. The molecule has 1 fully saturated rings. The van der Waals surface area contributed by atoms with E-state index in [1.54, 1.807) is 24.3 Å². The monoisotopic (exact) mass is 480 g/mol. The Morgan fingerprint density at radius 3 is 2.70 bits per heavy atom. The minimum atomic E-state index is -4.60. The Labute approximate surface area is 193 Å². The SMILES string of the molecule is CCNCCN=C1NC(=O)S/C1=C\c1ccc(Oc2ccc(N)c(C(F)(F)F)c2)c(OC)c1. The molecule has 33 heavy (non-hydrogen) atoms. The lowest BCUT2D eigenvalue weighted by Gasteiger charge is -2.14. The number of anilines is 1. The zero-order valence-corrected chi connectivity index (χ0v) is 18.8. The molecular weight excluding hydrogens is 457 g/mol. The van der Waals surface area contributed by atoms with Gasteiger partial charge in [-0.1, -0.05) is 13.0 Å². The highest BCUT2D eigenvalue weighted by Crippen LogP contribution is 2.39. The lowest BCUT2D eigenvalue weighted by molar-refractivity contribution is -0.137. The van der Waals surface area contributed by atoms with Gasteiger partial charge in [0.25, 0.3) is 5.24 Å². The second-order valence-electron chi connectivity index (χ2n) is 6.87. The van der Waals surface area contributed by atoms with Crippen molar-refractivity contribution in [3.63, 3.8) is 0 Å². The van der Waals surface area contributed by atoms with Crippen LogP contribution >= 0.6 is 11.8 Å². The van der Waals surface area contributed by atoms with Crippen molar-refractivity contribution in [3.8, 4) is 17.2 Å². The number of carbonyl (C=O) groups is 1. The molecular formula is C22H23F3N4O3S. The molecule has 1 amide bonds. The van der Waals surface area contributed by atoms with Crippen molar-refractivity contribution < 1.29 is 27.4 Å². The van der Waals surface area contributed by atoms with Crippen LogP contribution in [0.3, 0.4) is 0 Å². The highest BCUT2D eigenvalue weighted by atomic mass is 32.2. The van der Waals surface area contributed by atoms with Crippen molar-refractivity contribution >= 4 is 34.6 Å². The second-order valence-corrected chi connectivity index (χ2v) is 7.88. The van der Waals surface area contributed by atoms with Crippen LogP contribution in [-0.4, -0.2) is 37.8 Å². The van der Waals surface area contributed by atoms with Crippen molar-refractivity contribution in [1.29, 1.82) is 0 Å². The highest BCUT2D eigenvalue weighted by Gasteiger charge is 2.33. The molecule has 1 aliphatic heterocycles. The fourth-order valence-electron chi connectivity index (χ4n) is 2.95. The van der Waals surface area contributed by atoms with Crippen LogP contribution in [0.2, 0.25) is 0 Å². The van der Waals surface area contributed by atoms with Crippen molar-refractivity contribution in [3.05, 3.63) is 52.4 Å². The number of aliphatic imine (C=N–C) groups is 1. The average molecular weight is 481 g/mol. The van der Waals surface area contributed by atoms with Crippen LogP contribution in [0.5, 0.6) is 17.2 Å². The number of hydrogen-bond donors (Lipinski definition) is 3. The summed E-state index contributed by atoms with van der Waals surface area (Å²) in [5.41, 5.74) is 4.78. The van der Waals surface area contributed by atoms with E-state index >= 15 is 0 Å². The second kappa shape index (κ2) is 10.6. The third-order valence-electron chi connectivity index (χ3n) is 4.51. The number of halogens is 3. The summed E-state index contributed by atoms with van der Waals surface area (Å²) in [4.78, 5) is 16.9. The number of thioether (sulfide) groups is 1. The van der Waals surface area contributed by atoms with Gasteiger partial charge >= 0.3 is 6.18 Å². The predicted molar refractivity (Wildman–Crippen MR) is 124 cm³/mol. The molecule has 0 aromatic heterocycles. The fourth-order valence-corrected chi connectivity index (χ4v) is 3.71. The number of amidine groups is 1. The van der Waals surface area contributed by atoms with E-state index in [-0.39, 0.29) is 22.4 Å². The number of methoxy groups -OCH3 is 1. The number of nitrogens with zero attached hydrogens (tertiary/aromatic N) is 1. The van der Waals surface area contributed by atoms with E-state index in [9.17, 15) is 18.0 Å². The zero-order valence-electron chi connectivity index (χ0n) is 18.0.